The maximum absolute atomic E-state index is 12.1. The van der Waals surface area contributed by atoms with Gasteiger partial charge in [0.05, 0.1) is 0 Å². The van der Waals surface area contributed by atoms with Crippen molar-refractivity contribution in [2.75, 3.05) is 0 Å². The Balaban J connectivity index is 2.24. The fourth-order valence-electron chi connectivity index (χ4n) is 1.57. The Morgan fingerprint density at radius 3 is 2.12 bits per heavy atom. The lowest BCUT2D eigenvalue weighted by molar-refractivity contribution is 0.512. The molecule has 0 radical (unpaired) electrons. The Bertz CT molecular complexity index is 549. The molecule has 17 heavy (non-hydrogen) atoms. The van der Waals surface area contributed by atoms with Gasteiger partial charge in [-0.3, -0.25) is 0 Å². The third-order valence-corrected chi connectivity index (χ3v) is 3.84. The average Bonchev–Trinajstić information content (AvgIpc) is 2.32. The highest BCUT2D eigenvalue weighted by Crippen LogP contribution is 2.29. The van der Waals surface area contributed by atoms with E-state index in [1.165, 1.54) is 0 Å². The van der Waals surface area contributed by atoms with Crippen molar-refractivity contribution in [1.29, 1.82) is 0 Å². The van der Waals surface area contributed by atoms with Gasteiger partial charge >= 0.3 is 8.03 Å². The molecule has 0 bridgehead atoms. The number of rotatable bonds is 3. The van der Waals surface area contributed by atoms with Crippen LogP contribution in [0.15, 0.2) is 48.5 Å². The summed E-state index contributed by atoms with van der Waals surface area (Å²) in [6.07, 6.45) is 0. The Hall–Kier alpha value is -1.66. The third-order valence-electron chi connectivity index (χ3n) is 2.59. The number of benzene rings is 2. The molecule has 86 valence electrons. The molecule has 1 unspecified atom stereocenters. The molecule has 0 saturated heterocycles. The summed E-state index contributed by atoms with van der Waals surface area (Å²) in [6, 6.07) is 15.2. The highest BCUT2D eigenvalue weighted by molar-refractivity contribution is 7.48. The molecule has 0 heterocycles. The van der Waals surface area contributed by atoms with Crippen LogP contribution in [0.2, 0.25) is 0 Å². The van der Waals surface area contributed by atoms with Crippen molar-refractivity contribution in [3.63, 3.8) is 0 Å². The van der Waals surface area contributed by atoms with Crippen LogP contribution in [0.5, 0.6) is 5.75 Å². The van der Waals surface area contributed by atoms with Gasteiger partial charge in [-0.15, -0.1) is 0 Å². The monoisotopic (exact) mass is 245 g/mol. The van der Waals surface area contributed by atoms with Crippen molar-refractivity contribution >= 4 is 13.3 Å². The fraction of sp³-hybridized carbons (Fsp3) is 0.143. The third kappa shape index (κ3) is 2.72. The quantitative estimate of drug-likeness (QED) is 0.770. The number of hydrogen-bond donors (Lipinski definition) is 0. The molecule has 0 aromatic heterocycles. The van der Waals surface area contributed by atoms with Gasteiger partial charge in [0, 0.05) is 5.56 Å². The first-order valence-corrected chi connectivity index (χ1v) is 6.63. The molecule has 2 aromatic rings. The van der Waals surface area contributed by atoms with Gasteiger partial charge in [0.15, 0.2) is 5.75 Å². The fourth-order valence-corrected chi connectivity index (χ4v) is 2.62. The van der Waals surface area contributed by atoms with Crippen LogP contribution in [0.3, 0.4) is 0 Å². The summed E-state index contributed by atoms with van der Waals surface area (Å²) in [6.45, 7) is 3.88. The second kappa shape index (κ2) is 5.11. The Morgan fingerprint density at radius 2 is 1.47 bits per heavy atom. The minimum absolute atomic E-state index is 0.678. The van der Waals surface area contributed by atoms with E-state index >= 15 is 0 Å². The lowest BCUT2D eigenvalue weighted by Gasteiger charge is -1.98. The molecule has 0 spiro atoms. The normalized spacial score (nSPS) is 11.1. The largest absolute Gasteiger partial charge is 0.597 e. The summed E-state index contributed by atoms with van der Waals surface area (Å²) in [7, 11) is -1.84. The Labute approximate surface area is 102 Å². The zero-order chi connectivity index (χ0) is 12.3. The van der Waals surface area contributed by atoms with Gasteiger partial charge in [-0.05, 0) is 36.1 Å². The predicted molar refractivity (Wildman–Crippen MR) is 70.2 cm³/mol. The zero-order valence-electron chi connectivity index (χ0n) is 9.88. The summed E-state index contributed by atoms with van der Waals surface area (Å²) in [5.74, 6) is 0.678. The van der Waals surface area contributed by atoms with Crippen LogP contribution >= 0.6 is 8.03 Å². The zero-order valence-corrected chi connectivity index (χ0v) is 10.8. The first-order valence-electron chi connectivity index (χ1n) is 5.45. The minimum Gasteiger partial charge on any atom is -0.250 e. The Morgan fingerprint density at radius 1 is 0.882 bits per heavy atom. The molecule has 0 N–H and O–H groups in total. The summed E-state index contributed by atoms with van der Waals surface area (Å²) < 4.78 is 17.6. The van der Waals surface area contributed by atoms with Gasteiger partial charge < -0.3 is 0 Å². The van der Waals surface area contributed by atoms with E-state index in [0.29, 0.717) is 5.75 Å². The van der Waals surface area contributed by atoms with Gasteiger partial charge in [-0.1, -0.05) is 36.4 Å². The molecule has 2 aromatic carbocycles. The van der Waals surface area contributed by atoms with E-state index in [-0.39, 0.29) is 0 Å². The average molecular weight is 245 g/mol. The van der Waals surface area contributed by atoms with Crippen LogP contribution in [0.1, 0.15) is 11.1 Å². The molecule has 3 heteroatoms. The van der Waals surface area contributed by atoms with E-state index in [1.54, 1.807) is 0 Å². The van der Waals surface area contributed by atoms with Gasteiger partial charge in [0.25, 0.3) is 0 Å². The smallest absolute Gasteiger partial charge is 0.250 e. The molecule has 0 fully saturated rings. The first kappa shape index (κ1) is 11.8. The highest BCUT2D eigenvalue weighted by atomic mass is 31.1. The predicted octanol–water partition coefficient (Wildman–Crippen LogP) is 3.75. The van der Waals surface area contributed by atoms with Gasteiger partial charge in [-0.2, -0.15) is 0 Å². The summed E-state index contributed by atoms with van der Waals surface area (Å²) in [4.78, 5) is 0. The molecule has 0 aliphatic carbocycles. The number of para-hydroxylation sites is 1. The molecule has 0 saturated carbocycles. The molecule has 0 aliphatic heterocycles. The first-order chi connectivity index (χ1) is 8.18. The standard InChI is InChI=1S/C14H14O2P/c1-11-7-3-5-9-13(11)16-17(15)14-10-6-4-8-12(14)2/h3-10H,1-2H3/q+1. The maximum Gasteiger partial charge on any atom is 0.597 e. The van der Waals surface area contributed by atoms with E-state index in [4.69, 9.17) is 4.52 Å². The number of aryl methyl sites for hydroxylation is 2. The second-order valence-electron chi connectivity index (χ2n) is 3.90. The van der Waals surface area contributed by atoms with Crippen molar-refractivity contribution in [2.24, 2.45) is 0 Å². The molecular weight excluding hydrogens is 231 g/mol. The van der Waals surface area contributed by atoms with Crippen molar-refractivity contribution in [3.8, 4) is 5.75 Å². The summed E-state index contributed by atoms with van der Waals surface area (Å²) in [5.41, 5.74) is 1.98. The van der Waals surface area contributed by atoms with E-state index in [0.717, 1.165) is 16.4 Å². The van der Waals surface area contributed by atoms with Gasteiger partial charge in [-0.25, -0.2) is 4.52 Å². The molecule has 0 aliphatic rings. The van der Waals surface area contributed by atoms with Crippen LogP contribution < -0.4 is 9.83 Å². The topological polar surface area (TPSA) is 26.3 Å². The molecule has 1 atom stereocenters. The van der Waals surface area contributed by atoms with Crippen molar-refractivity contribution in [1.82, 2.24) is 0 Å². The highest BCUT2D eigenvalue weighted by Gasteiger charge is 2.26. The van der Waals surface area contributed by atoms with Crippen LogP contribution in [-0.4, -0.2) is 0 Å². The summed E-state index contributed by atoms with van der Waals surface area (Å²) >= 11 is 0. The van der Waals surface area contributed by atoms with E-state index < -0.39 is 8.03 Å². The van der Waals surface area contributed by atoms with Crippen LogP contribution in [0.4, 0.5) is 0 Å². The van der Waals surface area contributed by atoms with E-state index in [2.05, 4.69) is 0 Å². The van der Waals surface area contributed by atoms with E-state index in [9.17, 15) is 4.57 Å². The Kier molecular flexibility index (Phi) is 3.55. The van der Waals surface area contributed by atoms with Crippen LogP contribution in [-0.2, 0) is 4.57 Å². The van der Waals surface area contributed by atoms with Crippen molar-refractivity contribution in [2.45, 2.75) is 13.8 Å². The van der Waals surface area contributed by atoms with E-state index in [1.807, 2.05) is 62.4 Å². The van der Waals surface area contributed by atoms with Crippen molar-refractivity contribution in [3.05, 3.63) is 59.7 Å². The summed E-state index contributed by atoms with van der Waals surface area (Å²) in [5, 5.41) is 0.755. The molecule has 0 amide bonds. The molecule has 2 nitrogen and oxygen atoms in total. The minimum atomic E-state index is -1.84. The second-order valence-corrected chi connectivity index (χ2v) is 5.08. The molecule has 2 rings (SSSR count). The lowest BCUT2D eigenvalue weighted by Crippen LogP contribution is -2.04. The maximum atomic E-state index is 12.1. The molecular formula is C14H14O2P+. The van der Waals surface area contributed by atoms with Gasteiger partial charge in [0.1, 0.15) is 0 Å². The number of hydrogen-bond acceptors (Lipinski definition) is 2. The lowest BCUT2D eigenvalue weighted by atomic mass is 10.2. The SMILES string of the molecule is Cc1ccccc1O[P+](=O)c1ccccc1C. The van der Waals surface area contributed by atoms with Crippen LogP contribution in [0, 0.1) is 13.8 Å². The van der Waals surface area contributed by atoms with Gasteiger partial charge in [0.2, 0.25) is 5.30 Å². The van der Waals surface area contributed by atoms with Crippen LogP contribution in [0.25, 0.3) is 0 Å². The van der Waals surface area contributed by atoms with Crippen molar-refractivity contribution < 1.29 is 9.09 Å².